The van der Waals surface area contributed by atoms with Crippen LogP contribution in [0.25, 0.3) is 0 Å². The Balaban J connectivity index is 1.74. The van der Waals surface area contributed by atoms with Gasteiger partial charge in [0, 0.05) is 28.5 Å². The lowest BCUT2D eigenvalue weighted by atomic mass is 10.0. The van der Waals surface area contributed by atoms with Crippen LogP contribution < -0.4 is 9.62 Å². The molecule has 2 amide bonds. The number of amides is 2. The highest BCUT2D eigenvalue weighted by atomic mass is 79.9. The maximum atomic E-state index is 14.2. The maximum Gasteiger partial charge on any atom is 0.244 e. The normalized spacial score (nSPS) is 14.4. The summed E-state index contributed by atoms with van der Waals surface area (Å²) in [5.41, 5.74) is 2.69. The second-order valence-electron chi connectivity index (χ2n) is 10.5. The number of rotatable bonds is 11. The molecule has 7 nitrogen and oxygen atoms in total. The lowest BCUT2D eigenvalue weighted by Gasteiger charge is -2.34. The molecule has 1 aliphatic carbocycles. The Kier molecular flexibility index (Phi) is 10.5. The Morgan fingerprint density at radius 1 is 1.00 bits per heavy atom. The van der Waals surface area contributed by atoms with Crippen molar-refractivity contribution < 1.29 is 18.0 Å². The number of carbonyl (C=O) groups is 2. The fourth-order valence-corrected chi connectivity index (χ4v) is 6.71. The number of hydrogen-bond donors (Lipinski definition) is 1. The first-order valence-electron chi connectivity index (χ1n) is 13.6. The van der Waals surface area contributed by atoms with Crippen molar-refractivity contribution in [2.75, 3.05) is 17.1 Å². The molecule has 1 atom stereocenters. The third kappa shape index (κ3) is 8.56. The summed E-state index contributed by atoms with van der Waals surface area (Å²) < 4.78 is 27.9. The van der Waals surface area contributed by atoms with Crippen molar-refractivity contribution in [1.29, 1.82) is 0 Å². The van der Waals surface area contributed by atoms with Gasteiger partial charge in [-0.3, -0.25) is 13.9 Å². The molecule has 1 N–H and O–H groups in total. The summed E-state index contributed by atoms with van der Waals surface area (Å²) in [5.74, 6) is -0.730. The van der Waals surface area contributed by atoms with Gasteiger partial charge in [-0.25, -0.2) is 8.42 Å². The topological polar surface area (TPSA) is 86.8 Å². The number of aryl methyl sites for hydroxylation is 1. The molecule has 0 bridgehead atoms. The molecule has 1 saturated carbocycles. The molecule has 0 radical (unpaired) electrons. The first kappa shape index (κ1) is 31.1. The standard InChI is InChI=1S/C31H35BrClN3O4S/c1-22-15-16-26(33)19-28(22)36(41(2,39)40)21-30(37)35(20-24-11-8-12-25(32)17-24)29(18-23-9-4-3-5-10-23)31(38)34-27-13-6-7-14-27/h3-5,8-12,15-17,19,27,29H,6-7,13-14,18,20-21H2,1-2H3,(H,34,38). The van der Waals surface area contributed by atoms with Crippen LogP contribution in [-0.4, -0.2) is 50.0 Å². The summed E-state index contributed by atoms with van der Waals surface area (Å²) >= 11 is 9.72. The number of carbonyl (C=O) groups excluding carboxylic acids is 2. The van der Waals surface area contributed by atoms with E-state index in [0.717, 1.165) is 51.8 Å². The van der Waals surface area contributed by atoms with E-state index in [4.69, 9.17) is 11.6 Å². The quantitative estimate of drug-likeness (QED) is 0.279. The van der Waals surface area contributed by atoms with E-state index in [1.165, 1.54) is 11.0 Å². The molecule has 0 heterocycles. The van der Waals surface area contributed by atoms with Crippen LogP contribution in [0.2, 0.25) is 5.02 Å². The monoisotopic (exact) mass is 659 g/mol. The number of benzene rings is 3. The zero-order chi connectivity index (χ0) is 29.6. The van der Waals surface area contributed by atoms with E-state index >= 15 is 0 Å². The van der Waals surface area contributed by atoms with Gasteiger partial charge < -0.3 is 10.2 Å². The van der Waals surface area contributed by atoms with Crippen molar-refractivity contribution in [2.45, 2.75) is 57.7 Å². The van der Waals surface area contributed by atoms with Crippen molar-refractivity contribution in [3.63, 3.8) is 0 Å². The van der Waals surface area contributed by atoms with Crippen LogP contribution >= 0.6 is 27.5 Å². The third-order valence-corrected chi connectivity index (χ3v) is 9.19. The number of sulfonamides is 1. The molecule has 1 aliphatic rings. The van der Waals surface area contributed by atoms with Crippen LogP contribution in [0, 0.1) is 6.92 Å². The van der Waals surface area contributed by atoms with Gasteiger partial charge in [-0.15, -0.1) is 0 Å². The van der Waals surface area contributed by atoms with E-state index in [9.17, 15) is 18.0 Å². The molecule has 0 spiro atoms. The molecule has 0 aromatic heterocycles. The molecule has 1 unspecified atom stereocenters. The van der Waals surface area contributed by atoms with Crippen molar-refractivity contribution in [3.05, 3.63) is 99.0 Å². The molecule has 10 heteroatoms. The van der Waals surface area contributed by atoms with Crippen LogP contribution in [0.4, 0.5) is 5.69 Å². The van der Waals surface area contributed by atoms with E-state index in [2.05, 4.69) is 21.2 Å². The molecule has 0 saturated heterocycles. The first-order valence-corrected chi connectivity index (χ1v) is 16.7. The minimum atomic E-state index is -3.87. The highest BCUT2D eigenvalue weighted by molar-refractivity contribution is 9.10. The summed E-state index contributed by atoms with van der Waals surface area (Å²) in [7, 11) is -3.87. The summed E-state index contributed by atoms with van der Waals surface area (Å²) in [6, 6.07) is 21.2. The van der Waals surface area contributed by atoms with E-state index in [1.54, 1.807) is 19.1 Å². The van der Waals surface area contributed by atoms with Crippen molar-refractivity contribution in [3.8, 4) is 0 Å². The zero-order valence-electron chi connectivity index (χ0n) is 23.2. The lowest BCUT2D eigenvalue weighted by Crippen LogP contribution is -2.54. The summed E-state index contributed by atoms with van der Waals surface area (Å²) in [5, 5.41) is 3.53. The summed E-state index contributed by atoms with van der Waals surface area (Å²) in [4.78, 5) is 29.6. The van der Waals surface area contributed by atoms with Crippen LogP contribution in [0.5, 0.6) is 0 Å². The Morgan fingerprint density at radius 3 is 2.34 bits per heavy atom. The van der Waals surface area contributed by atoms with Crippen molar-refractivity contribution in [2.24, 2.45) is 0 Å². The minimum Gasteiger partial charge on any atom is -0.352 e. The smallest absolute Gasteiger partial charge is 0.244 e. The molecule has 3 aromatic rings. The average Bonchev–Trinajstić information content (AvgIpc) is 3.43. The van der Waals surface area contributed by atoms with E-state index in [1.807, 2.05) is 54.6 Å². The molecule has 3 aromatic carbocycles. The summed E-state index contributed by atoms with van der Waals surface area (Å²) in [6.07, 6.45) is 5.26. The number of hydrogen-bond acceptors (Lipinski definition) is 4. The van der Waals surface area contributed by atoms with Gasteiger partial charge in [-0.2, -0.15) is 0 Å². The molecular formula is C31H35BrClN3O4S. The van der Waals surface area contributed by atoms with E-state index in [0.29, 0.717) is 16.3 Å². The first-order chi connectivity index (χ1) is 19.5. The highest BCUT2D eigenvalue weighted by Gasteiger charge is 2.34. The van der Waals surface area contributed by atoms with Crippen LogP contribution in [0.3, 0.4) is 0 Å². The van der Waals surface area contributed by atoms with Gasteiger partial charge >= 0.3 is 0 Å². The highest BCUT2D eigenvalue weighted by Crippen LogP contribution is 2.27. The van der Waals surface area contributed by atoms with E-state index in [-0.39, 0.29) is 24.9 Å². The van der Waals surface area contributed by atoms with Gasteiger partial charge in [0.1, 0.15) is 12.6 Å². The predicted molar refractivity (Wildman–Crippen MR) is 167 cm³/mol. The largest absolute Gasteiger partial charge is 0.352 e. The molecule has 0 aliphatic heterocycles. The van der Waals surface area contributed by atoms with Gasteiger partial charge in [0.05, 0.1) is 11.9 Å². The fraction of sp³-hybridized carbons (Fsp3) is 0.355. The number of nitrogens with one attached hydrogen (secondary N) is 1. The summed E-state index contributed by atoms with van der Waals surface area (Å²) in [6.45, 7) is 1.41. The second-order valence-corrected chi connectivity index (χ2v) is 13.8. The Hall–Kier alpha value is -2.88. The molecule has 41 heavy (non-hydrogen) atoms. The zero-order valence-corrected chi connectivity index (χ0v) is 26.4. The molecule has 1 fully saturated rings. The van der Waals surface area contributed by atoms with Crippen LogP contribution in [0.15, 0.2) is 77.3 Å². The maximum absolute atomic E-state index is 14.2. The molecular weight excluding hydrogens is 626 g/mol. The Bertz CT molecular complexity index is 1480. The number of nitrogens with zero attached hydrogens (tertiary/aromatic N) is 2. The second kappa shape index (κ2) is 13.9. The average molecular weight is 661 g/mol. The Morgan fingerprint density at radius 2 is 1.68 bits per heavy atom. The lowest BCUT2D eigenvalue weighted by molar-refractivity contribution is -0.140. The molecule has 4 rings (SSSR count). The van der Waals surface area contributed by atoms with Gasteiger partial charge in [-0.1, -0.05) is 88.9 Å². The van der Waals surface area contributed by atoms with Crippen molar-refractivity contribution in [1.82, 2.24) is 10.2 Å². The molecule has 218 valence electrons. The van der Waals surface area contributed by atoms with Crippen LogP contribution in [0.1, 0.15) is 42.4 Å². The van der Waals surface area contributed by atoms with Crippen LogP contribution in [-0.2, 0) is 32.6 Å². The fourth-order valence-electron chi connectivity index (χ4n) is 5.20. The SMILES string of the molecule is Cc1ccc(Cl)cc1N(CC(=O)N(Cc1cccc(Br)c1)C(Cc1ccccc1)C(=O)NC1CCCC1)S(C)(=O)=O. The van der Waals surface area contributed by atoms with Crippen molar-refractivity contribution >= 4 is 55.1 Å². The third-order valence-electron chi connectivity index (χ3n) is 7.33. The minimum absolute atomic E-state index is 0.0604. The van der Waals surface area contributed by atoms with Gasteiger partial charge in [0.25, 0.3) is 0 Å². The number of halogens is 2. The predicted octanol–water partition coefficient (Wildman–Crippen LogP) is 5.88. The number of anilines is 1. The van der Waals surface area contributed by atoms with Gasteiger partial charge in [0.2, 0.25) is 21.8 Å². The Labute approximate surface area is 256 Å². The van der Waals surface area contributed by atoms with E-state index < -0.39 is 28.5 Å². The van der Waals surface area contributed by atoms with Gasteiger partial charge in [-0.05, 0) is 60.7 Å². The van der Waals surface area contributed by atoms with Gasteiger partial charge in [0.15, 0.2) is 0 Å².